The van der Waals surface area contributed by atoms with E-state index in [0.29, 0.717) is 30.2 Å². The highest BCUT2D eigenvalue weighted by molar-refractivity contribution is 6.30. The normalized spacial score (nSPS) is 13.7. The fourth-order valence-corrected chi connectivity index (χ4v) is 2.89. The molecule has 0 radical (unpaired) electrons. The van der Waals surface area contributed by atoms with Gasteiger partial charge < -0.3 is 14.4 Å². The maximum absolute atomic E-state index is 12.3. The molecule has 0 amide bonds. The number of aromatic nitrogens is 1. The molecule has 0 aliphatic carbocycles. The molecule has 1 aromatic carbocycles. The van der Waals surface area contributed by atoms with Gasteiger partial charge in [0.05, 0.1) is 13.2 Å². The molecule has 0 unspecified atom stereocenters. The Morgan fingerprint density at radius 3 is 2.64 bits per heavy atom. The third kappa shape index (κ3) is 4.86. The van der Waals surface area contributed by atoms with E-state index in [2.05, 4.69) is 9.88 Å². The number of pyridine rings is 1. The number of hydrogen-bond donors (Lipinski definition) is 0. The van der Waals surface area contributed by atoms with Gasteiger partial charge in [0.2, 0.25) is 0 Å². The second-order valence-electron chi connectivity index (χ2n) is 5.86. The molecule has 0 spiro atoms. The Kier molecular flexibility index (Phi) is 6.12. The van der Waals surface area contributed by atoms with E-state index in [1.807, 2.05) is 12.1 Å². The maximum atomic E-state index is 12.3. The number of anilines is 1. The third-order valence-electron chi connectivity index (χ3n) is 4.02. The Balaban J connectivity index is 1.46. The van der Waals surface area contributed by atoms with Crippen molar-refractivity contribution in [3.63, 3.8) is 0 Å². The molecule has 2 aromatic rings. The zero-order chi connectivity index (χ0) is 17.5. The Morgan fingerprint density at radius 1 is 1.12 bits per heavy atom. The first kappa shape index (κ1) is 17.5. The summed E-state index contributed by atoms with van der Waals surface area (Å²) in [6.45, 7) is 2.65. The third-order valence-corrected chi connectivity index (χ3v) is 4.27. The summed E-state index contributed by atoms with van der Waals surface area (Å²) in [7, 11) is 0. The molecule has 0 N–H and O–H groups in total. The molecule has 1 aliphatic heterocycles. The standard InChI is InChI=1S/C19H21ClN2O3/c20-15-6-8-16(9-7-15)24-13-4-14-25-19(23)17-5-3-10-21-18(17)22-11-1-2-12-22/h3,5-10H,1-2,4,11-14H2. The van der Waals surface area contributed by atoms with Gasteiger partial charge in [-0.3, -0.25) is 0 Å². The van der Waals surface area contributed by atoms with Gasteiger partial charge in [0.25, 0.3) is 0 Å². The van der Waals surface area contributed by atoms with Crippen LogP contribution in [0.2, 0.25) is 5.02 Å². The van der Waals surface area contributed by atoms with Crippen molar-refractivity contribution in [2.24, 2.45) is 0 Å². The lowest BCUT2D eigenvalue weighted by atomic mass is 10.2. The lowest BCUT2D eigenvalue weighted by Gasteiger charge is -2.18. The molecule has 25 heavy (non-hydrogen) atoms. The quantitative estimate of drug-likeness (QED) is 0.552. The Bertz CT molecular complexity index is 700. The van der Waals surface area contributed by atoms with E-state index in [-0.39, 0.29) is 5.97 Å². The van der Waals surface area contributed by atoms with E-state index < -0.39 is 0 Å². The minimum atomic E-state index is -0.332. The average molecular weight is 361 g/mol. The lowest BCUT2D eigenvalue weighted by Crippen LogP contribution is -2.22. The summed E-state index contributed by atoms with van der Waals surface area (Å²) in [6.07, 6.45) is 4.60. The van der Waals surface area contributed by atoms with E-state index in [1.54, 1.807) is 30.5 Å². The number of esters is 1. The zero-order valence-corrected chi connectivity index (χ0v) is 14.7. The van der Waals surface area contributed by atoms with Crippen LogP contribution in [0.4, 0.5) is 5.82 Å². The minimum absolute atomic E-state index is 0.306. The smallest absolute Gasteiger partial charge is 0.341 e. The fourth-order valence-electron chi connectivity index (χ4n) is 2.76. The van der Waals surface area contributed by atoms with Gasteiger partial charge in [-0.05, 0) is 49.2 Å². The predicted octanol–water partition coefficient (Wildman–Crippen LogP) is 3.96. The highest BCUT2D eigenvalue weighted by atomic mass is 35.5. The number of ether oxygens (including phenoxy) is 2. The molecule has 132 valence electrons. The first-order chi connectivity index (χ1) is 12.2. The SMILES string of the molecule is O=C(OCCCOc1ccc(Cl)cc1)c1cccnc1N1CCCC1. The maximum Gasteiger partial charge on any atom is 0.341 e. The van der Waals surface area contributed by atoms with Gasteiger partial charge in [0, 0.05) is 30.7 Å². The Labute approximate surface area is 152 Å². The van der Waals surface area contributed by atoms with Crippen LogP contribution in [0.1, 0.15) is 29.6 Å². The first-order valence-corrected chi connectivity index (χ1v) is 8.87. The summed E-state index contributed by atoms with van der Waals surface area (Å²) in [6, 6.07) is 10.7. The van der Waals surface area contributed by atoms with Crippen molar-refractivity contribution >= 4 is 23.4 Å². The largest absolute Gasteiger partial charge is 0.493 e. The molecule has 1 saturated heterocycles. The van der Waals surface area contributed by atoms with Gasteiger partial charge in [0.1, 0.15) is 17.1 Å². The molecule has 1 fully saturated rings. The Morgan fingerprint density at radius 2 is 1.88 bits per heavy atom. The van der Waals surface area contributed by atoms with Crippen molar-refractivity contribution in [1.82, 2.24) is 4.98 Å². The summed E-state index contributed by atoms with van der Waals surface area (Å²) in [5.74, 6) is 1.14. The zero-order valence-electron chi connectivity index (χ0n) is 14.0. The summed E-state index contributed by atoms with van der Waals surface area (Å²) in [4.78, 5) is 18.9. The van der Waals surface area contributed by atoms with E-state index in [9.17, 15) is 4.79 Å². The van der Waals surface area contributed by atoms with Crippen LogP contribution in [0.3, 0.4) is 0 Å². The number of nitrogens with zero attached hydrogens (tertiary/aromatic N) is 2. The van der Waals surface area contributed by atoms with Crippen molar-refractivity contribution in [2.75, 3.05) is 31.2 Å². The van der Waals surface area contributed by atoms with Crippen LogP contribution in [-0.4, -0.2) is 37.3 Å². The first-order valence-electron chi connectivity index (χ1n) is 8.49. The van der Waals surface area contributed by atoms with E-state index >= 15 is 0 Å². The second-order valence-corrected chi connectivity index (χ2v) is 6.30. The van der Waals surface area contributed by atoms with Crippen molar-refractivity contribution < 1.29 is 14.3 Å². The topological polar surface area (TPSA) is 51.7 Å². The van der Waals surface area contributed by atoms with Crippen LogP contribution < -0.4 is 9.64 Å². The van der Waals surface area contributed by atoms with Gasteiger partial charge in [-0.15, -0.1) is 0 Å². The highest BCUT2D eigenvalue weighted by Gasteiger charge is 2.21. The van der Waals surface area contributed by atoms with Gasteiger partial charge in [-0.1, -0.05) is 11.6 Å². The fraction of sp³-hybridized carbons (Fsp3) is 0.368. The molecule has 1 aromatic heterocycles. The van der Waals surface area contributed by atoms with E-state index in [4.69, 9.17) is 21.1 Å². The number of benzene rings is 1. The molecule has 0 saturated carbocycles. The van der Waals surface area contributed by atoms with Gasteiger partial charge in [0.15, 0.2) is 0 Å². The summed E-state index contributed by atoms with van der Waals surface area (Å²) in [5, 5.41) is 0.673. The predicted molar refractivity (Wildman–Crippen MR) is 97.5 cm³/mol. The van der Waals surface area contributed by atoms with Gasteiger partial charge in [-0.25, -0.2) is 9.78 Å². The van der Waals surface area contributed by atoms with Crippen molar-refractivity contribution in [3.05, 3.63) is 53.2 Å². The van der Waals surface area contributed by atoms with Crippen LogP contribution in [0.5, 0.6) is 5.75 Å². The molecule has 1 aliphatic rings. The number of carbonyl (C=O) groups excluding carboxylic acids is 1. The molecular weight excluding hydrogens is 340 g/mol. The van der Waals surface area contributed by atoms with Gasteiger partial charge >= 0.3 is 5.97 Å². The van der Waals surface area contributed by atoms with Crippen molar-refractivity contribution in [1.29, 1.82) is 0 Å². The Hall–Kier alpha value is -2.27. The number of carbonyl (C=O) groups is 1. The number of hydrogen-bond acceptors (Lipinski definition) is 5. The minimum Gasteiger partial charge on any atom is -0.493 e. The van der Waals surface area contributed by atoms with E-state index in [0.717, 1.165) is 37.5 Å². The van der Waals surface area contributed by atoms with Crippen molar-refractivity contribution in [3.8, 4) is 5.75 Å². The lowest BCUT2D eigenvalue weighted by molar-refractivity contribution is 0.0486. The molecular formula is C19H21ClN2O3. The second kappa shape index (κ2) is 8.72. The molecule has 6 heteroatoms. The van der Waals surface area contributed by atoms with Gasteiger partial charge in [-0.2, -0.15) is 0 Å². The van der Waals surface area contributed by atoms with Crippen LogP contribution in [0.25, 0.3) is 0 Å². The highest BCUT2D eigenvalue weighted by Crippen LogP contribution is 2.22. The van der Waals surface area contributed by atoms with E-state index in [1.165, 1.54) is 0 Å². The average Bonchev–Trinajstić information content (AvgIpc) is 3.17. The van der Waals surface area contributed by atoms with Crippen LogP contribution in [-0.2, 0) is 4.74 Å². The molecule has 2 heterocycles. The molecule has 3 rings (SSSR count). The monoisotopic (exact) mass is 360 g/mol. The van der Waals surface area contributed by atoms with Crippen LogP contribution in [0.15, 0.2) is 42.6 Å². The molecule has 0 atom stereocenters. The van der Waals surface area contributed by atoms with Crippen LogP contribution >= 0.6 is 11.6 Å². The molecule has 5 nitrogen and oxygen atoms in total. The summed E-state index contributed by atoms with van der Waals surface area (Å²) in [5.41, 5.74) is 0.531. The summed E-state index contributed by atoms with van der Waals surface area (Å²) >= 11 is 5.83. The van der Waals surface area contributed by atoms with Crippen LogP contribution in [0, 0.1) is 0 Å². The number of halogens is 1. The molecule has 0 bridgehead atoms. The number of rotatable bonds is 7. The summed E-state index contributed by atoms with van der Waals surface area (Å²) < 4.78 is 11.0. The van der Waals surface area contributed by atoms with Crippen molar-refractivity contribution in [2.45, 2.75) is 19.3 Å².